The van der Waals surface area contributed by atoms with Crippen molar-refractivity contribution in [3.8, 4) is 17.1 Å². The molecule has 4 aromatic rings. The fraction of sp³-hybridized carbons (Fsp3) is 0.541. The molecule has 2 aliphatic heterocycles. The molecule has 0 radical (unpaired) electrons. The number of ether oxygens (including phenoxy) is 1. The quantitative estimate of drug-likeness (QED) is 0.283. The van der Waals surface area contributed by atoms with Gasteiger partial charge in [-0.05, 0) is 69.1 Å². The largest absolute Gasteiger partial charge is 0.494 e. The van der Waals surface area contributed by atoms with Gasteiger partial charge in [-0.25, -0.2) is 4.52 Å². The molecular formula is C37H46N6O3. The molecule has 2 N–H and O–H groups in total. The zero-order valence-electron chi connectivity index (χ0n) is 27.2. The molecule has 0 bridgehead atoms. The first-order valence-corrected chi connectivity index (χ1v) is 17.4. The van der Waals surface area contributed by atoms with E-state index in [0.29, 0.717) is 42.1 Å². The number of carbonyl (C=O) groups excluding carboxylic acids is 2. The molecule has 4 aliphatic rings. The van der Waals surface area contributed by atoms with E-state index < -0.39 is 0 Å². The molecule has 242 valence electrons. The van der Waals surface area contributed by atoms with Gasteiger partial charge in [0, 0.05) is 67.7 Å². The molecule has 2 aliphatic carbocycles. The Labute approximate surface area is 270 Å². The number of nitrogens with two attached hydrogens (primary N) is 1. The number of aryl methyl sites for hydroxylation is 1. The number of para-hydroxylation sites is 1. The number of methoxy groups -OCH3 is 1. The van der Waals surface area contributed by atoms with Crippen molar-refractivity contribution in [3.63, 3.8) is 0 Å². The van der Waals surface area contributed by atoms with Crippen LogP contribution in [-0.4, -0.2) is 75.1 Å². The SMILES string of the molecule is COc1cc(C(=O)N2CCCC(N)C2)cn2nc(-c3cc4cccc(C5CN(C(=O)C6CCCCC6)C5)c4n3CC3CC3)c(C)c12. The molecule has 46 heavy (non-hydrogen) atoms. The van der Waals surface area contributed by atoms with E-state index in [0.717, 1.165) is 67.8 Å². The molecule has 0 spiro atoms. The molecule has 9 nitrogen and oxygen atoms in total. The van der Waals surface area contributed by atoms with Gasteiger partial charge in [0.2, 0.25) is 5.91 Å². The maximum absolute atomic E-state index is 13.6. The molecule has 1 unspecified atom stereocenters. The Balaban J connectivity index is 1.16. The monoisotopic (exact) mass is 622 g/mol. The summed E-state index contributed by atoms with van der Waals surface area (Å²) < 4.78 is 10.2. The molecule has 1 aromatic carbocycles. The van der Waals surface area contributed by atoms with Crippen molar-refractivity contribution in [2.75, 3.05) is 33.3 Å². The lowest BCUT2D eigenvalue weighted by Gasteiger charge is -2.42. The van der Waals surface area contributed by atoms with Crippen molar-refractivity contribution in [2.45, 2.75) is 83.2 Å². The van der Waals surface area contributed by atoms with Crippen LogP contribution >= 0.6 is 0 Å². The summed E-state index contributed by atoms with van der Waals surface area (Å²) in [5, 5.41) is 6.35. The van der Waals surface area contributed by atoms with Crippen LogP contribution in [0.4, 0.5) is 0 Å². The Morgan fingerprint density at radius 2 is 1.76 bits per heavy atom. The van der Waals surface area contributed by atoms with Gasteiger partial charge >= 0.3 is 0 Å². The van der Waals surface area contributed by atoms with Gasteiger partial charge in [0.05, 0.1) is 23.9 Å². The van der Waals surface area contributed by atoms with Crippen LogP contribution in [0.2, 0.25) is 0 Å². The minimum atomic E-state index is -0.0333. The molecule has 4 fully saturated rings. The molecule has 8 rings (SSSR count). The maximum Gasteiger partial charge on any atom is 0.255 e. The lowest BCUT2D eigenvalue weighted by atomic mass is 9.84. The van der Waals surface area contributed by atoms with Gasteiger partial charge in [0.1, 0.15) is 17.0 Å². The van der Waals surface area contributed by atoms with Crippen LogP contribution in [0, 0.1) is 18.8 Å². The zero-order chi connectivity index (χ0) is 31.5. The van der Waals surface area contributed by atoms with E-state index in [2.05, 4.69) is 40.7 Å². The average Bonchev–Trinajstić information content (AvgIpc) is 3.72. The number of pyridine rings is 1. The third kappa shape index (κ3) is 5.17. The van der Waals surface area contributed by atoms with Gasteiger partial charge in [-0.1, -0.05) is 37.5 Å². The van der Waals surface area contributed by atoms with E-state index in [-0.39, 0.29) is 17.9 Å². The molecule has 2 saturated heterocycles. The lowest BCUT2D eigenvalue weighted by molar-refractivity contribution is -0.141. The van der Waals surface area contributed by atoms with E-state index in [4.69, 9.17) is 15.6 Å². The molecule has 2 amide bonds. The second-order valence-corrected chi connectivity index (χ2v) is 14.4. The molecule has 9 heteroatoms. The normalized spacial score (nSPS) is 21.2. The third-order valence-corrected chi connectivity index (χ3v) is 11.1. The number of piperidine rings is 1. The van der Waals surface area contributed by atoms with Crippen molar-refractivity contribution in [2.24, 2.45) is 17.6 Å². The van der Waals surface area contributed by atoms with Crippen LogP contribution in [0.1, 0.15) is 85.2 Å². The summed E-state index contributed by atoms with van der Waals surface area (Å²) in [6.45, 7) is 5.96. The topological polar surface area (TPSA) is 98.1 Å². The number of hydrogen-bond donors (Lipinski definition) is 1. The van der Waals surface area contributed by atoms with Crippen molar-refractivity contribution in [3.05, 3.63) is 53.2 Å². The van der Waals surface area contributed by atoms with Gasteiger partial charge in [-0.3, -0.25) is 9.59 Å². The lowest BCUT2D eigenvalue weighted by Crippen LogP contribution is -2.51. The number of hydrogen-bond acceptors (Lipinski definition) is 5. The van der Waals surface area contributed by atoms with Gasteiger partial charge in [0.15, 0.2) is 0 Å². The van der Waals surface area contributed by atoms with Crippen LogP contribution in [0.25, 0.3) is 27.8 Å². The first kappa shape index (κ1) is 29.5. The fourth-order valence-electron chi connectivity index (χ4n) is 8.27. The smallest absolute Gasteiger partial charge is 0.255 e. The highest BCUT2D eigenvalue weighted by molar-refractivity contribution is 5.96. The first-order chi connectivity index (χ1) is 22.4. The predicted molar refractivity (Wildman–Crippen MR) is 179 cm³/mol. The number of carbonyl (C=O) groups is 2. The average molecular weight is 623 g/mol. The fourth-order valence-corrected chi connectivity index (χ4v) is 8.27. The van der Waals surface area contributed by atoms with Gasteiger partial charge in [-0.15, -0.1) is 0 Å². The number of aromatic nitrogens is 3. The number of benzene rings is 1. The third-order valence-electron chi connectivity index (χ3n) is 11.1. The van der Waals surface area contributed by atoms with Crippen molar-refractivity contribution in [1.29, 1.82) is 0 Å². The molecule has 1 atom stereocenters. The van der Waals surface area contributed by atoms with Gasteiger partial charge < -0.3 is 24.8 Å². The summed E-state index contributed by atoms with van der Waals surface area (Å²) >= 11 is 0. The van der Waals surface area contributed by atoms with Gasteiger partial charge in [0.25, 0.3) is 5.91 Å². The number of likely N-dealkylation sites (tertiary alicyclic amines) is 2. The van der Waals surface area contributed by atoms with Crippen LogP contribution in [0.3, 0.4) is 0 Å². The van der Waals surface area contributed by atoms with E-state index >= 15 is 0 Å². The molecule has 5 heterocycles. The molecule has 3 aromatic heterocycles. The second kappa shape index (κ2) is 11.7. The summed E-state index contributed by atoms with van der Waals surface area (Å²) in [5.41, 5.74) is 13.3. The van der Waals surface area contributed by atoms with E-state index in [1.807, 2.05) is 21.7 Å². The predicted octanol–water partition coefficient (Wildman–Crippen LogP) is 5.75. The Morgan fingerprint density at radius 1 is 0.957 bits per heavy atom. The molecular weight excluding hydrogens is 576 g/mol. The summed E-state index contributed by atoms with van der Waals surface area (Å²) in [7, 11) is 1.66. The van der Waals surface area contributed by atoms with Crippen molar-refractivity contribution in [1.82, 2.24) is 24.0 Å². The zero-order valence-corrected chi connectivity index (χ0v) is 27.2. The summed E-state index contributed by atoms with van der Waals surface area (Å²) in [6.07, 6.45) is 11.9. The number of amides is 2. The van der Waals surface area contributed by atoms with Crippen molar-refractivity contribution >= 4 is 28.2 Å². The highest BCUT2D eigenvalue weighted by atomic mass is 16.5. The highest BCUT2D eigenvalue weighted by Gasteiger charge is 2.37. The van der Waals surface area contributed by atoms with E-state index in [9.17, 15) is 9.59 Å². The standard InChI is InChI=1S/C37H46N6O3/c1-23-33(39-43-21-27(17-32(46-2)34(23)43)37(45)40-15-7-11-29(38)22-40)31-16-26-10-6-12-30(35(26)42(31)18-24-13-14-24)28-19-41(20-28)36(44)25-8-4-3-5-9-25/h6,10,12,16-17,21,24-25,28-29H,3-5,7-9,11,13-15,18-20,22,38H2,1-2H3. The minimum Gasteiger partial charge on any atom is -0.494 e. The van der Waals surface area contributed by atoms with Crippen LogP contribution in [-0.2, 0) is 11.3 Å². The van der Waals surface area contributed by atoms with Gasteiger partial charge in [-0.2, -0.15) is 5.10 Å². The summed E-state index contributed by atoms with van der Waals surface area (Å²) in [6, 6.07) is 10.8. The Morgan fingerprint density at radius 3 is 2.50 bits per heavy atom. The maximum atomic E-state index is 13.6. The summed E-state index contributed by atoms with van der Waals surface area (Å²) in [5.74, 6) is 2.21. The highest BCUT2D eigenvalue weighted by Crippen LogP contribution is 2.42. The van der Waals surface area contributed by atoms with Crippen molar-refractivity contribution < 1.29 is 14.3 Å². The number of fused-ring (bicyclic) bond motifs is 2. The molecule has 2 saturated carbocycles. The Kier molecular flexibility index (Phi) is 7.54. The number of nitrogens with zero attached hydrogens (tertiary/aromatic N) is 5. The van der Waals surface area contributed by atoms with Crippen LogP contribution < -0.4 is 10.5 Å². The Hall–Kier alpha value is -3.85. The number of rotatable bonds is 7. The van der Waals surface area contributed by atoms with Crippen LogP contribution in [0.5, 0.6) is 5.75 Å². The minimum absolute atomic E-state index is 0.0144. The van der Waals surface area contributed by atoms with E-state index in [1.165, 1.54) is 48.6 Å². The second-order valence-electron chi connectivity index (χ2n) is 14.4. The summed E-state index contributed by atoms with van der Waals surface area (Å²) in [4.78, 5) is 30.8. The van der Waals surface area contributed by atoms with Crippen LogP contribution in [0.15, 0.2) is 36.5 Å². The Bertz CT molecular complexity index is 1810. The first-order valence-electron chi connectivity index (χ1n) is 17.4. The van der Waals surface area contributed by atoms with E-state index in [1.54, 1.807) is 7.11 Å².